The number of methoxy groups -OCH3 is 1. The van der Waals surface area contributed by atoms with E-state index < -0.39 is 17.7 Å². The standard InChI is InChI=1S/C10H14F2N2O2/c1-16-5-7(4-15)14-10-8(11)2-6(13)3-9(10)12/h2-3,7,14-15H,4-5,13H2,1H3. The summed E-state index contributed by atoms with van der Waals surface area (Å²) >= 11 is 0. The molecule has 16 heavy (non-hydrogen) atoms. The van der Waals surface area contributed by atoms with Crippen LogP contribution in [0.15, 0.2) is 12.1 Å². The SMILES string of the molecule is COCC(CO)Nc1c(F)cc(N)cc1F. The minimum atomic E-state index is -0.799. The molecule has 90 valence electrons. The zero-order valence-corrected chi connectivity index (χ0v) is 8.84. The number of anilines is 2. The van der Waals surface area contributed by atoms with Crippen LogP contribution in [0.3, 0.4) is 0 Å². The number of hydrogen-bond donors (Lipinski definition) is 3. The maximum absolute atomic E-state index is 13.3. The normalized spacial score (nSPS) is 12.5. The summed E-state index contributed by atoms with van der Waals surface area (Å²) in [5.41, 5.74) is 4.96. The summed E-state index contributed by atoms with van der Waals surface area (Å²) in [5.74, 6) is -1.60. The number of nitrogens with two attached hydrogens (primary N) is 1. The monoisotopic (exact) mass is 232 g/mol. The van der Waals surface area contributed by atoms with Gasteiger partial charge in [-0.05, 0) is 12.1 Å². The predicted molar refractivity (Wildman–Crippen MR) is 57.1 cm³/mol. The molecular formula is C10H14F2N2O2. The quantitative estimate of drug-likeness (QED) is 0.662. The summed E-state index contributed by atoms with van der Waals surface area (Å²) < 4.78 is 31.5. The molecule has 6 heteroatoms. The molecule has 0 aliphatic rings. The van der Waals surface area contributed by atoms with Crippen molar-refractivity contribution in [2.45, 2.75) is 6.04 Å². The fourth-order valence-corrected chi connectivity index (χ4v) is 1.28. The van der Waals surface area contributed by atoms with Gasteiger partial charge in [-0.15, -0.1) is 0 Å². The van der Waals surface area contributed by atoms with E-state index in [1.165, 1.54) is 7.11 Å². The van der Waals surface area contributed by atoms with Crippen LogP contribution in [0.4, 0.5) is 20.2 Å². The van der Waals surface area contributed by atoms with Crippen molar-refractivity contribution >= 4 is 11.4 Å². The molecule has 0 saturated carbocycles. The third kappa shape index (κ3) is 3.04. The molecule has 0 aliphatic heterocycles. The Labute approximate surface area is 92.0 Å². The highest BCUT2D eigenvalue weighted by atomic mass is 19.1. The number of nitrogens with one attached hydrogen (secondary N) is 1. The highest BCUT2D eigenvalue weighted by Crippen LogP contribution is 2.22. The molecule has 0 fully saturated rings. The van der Waals surface area contributed by atoms with Crippen molar-refractivity contribution in [1.82, 2.24) is 0 Å². The molecule has 1 aromatic carbocycles. The van der Waals surface area contributed by atoms with Crippen molar-refractivity contribution in [1.29, 1.82) is 0 Å². The summed E-state index contributed by atoms with van der Waals surface area (Å²) in [6, 6.07) is 1.44. The number of nitrogen functional groups attached to an aromatic ring is 1. The number of benzene rings is 1. The molecule has 4 nitrogen and oxygen atoms in total. The van der Waals surface area contributed by atoms with Crippen LogP contribution in [0, 0.1) is 11.6 Å². The van der Waals surface area contributed by atoms with E-state index in [0.29, 0.717) is 0 Å². The molecule has 1 unspecified atom stereocenters. The van der Waals surface area contributed by atoms with Crippen LogP contribution < -0.4 is 11.1 Å². The maximum atomic E-state index is 13.3. The molecule has 0 aromatic heterocycles. The van der Waals surface area contributed by atoms with E-state index in [4.69, 9.17) is 15.6 Å². The Bertz CT molecular complexity index is 338. The molecule has 0 saturated heterocycles. The molecule has 0 radical (unpaired) electrons. The van der Waals surface area contributed by atoms with Gasteiger partial charge < -0.3 is 20.9 Å². The fourth-order valence-electron chi connectivity index (χ4n) is 1.28. The van der Waals surface area contributed by atoms with Gasteiger partial charge in [-0.25, -0.2) is 8.78 Å². The van der Waals surface area contributed by atoms with Gasteiger partial charge in [0.15, 0.2) is 11.6 Å². The van der Waals surface area contributed by atoms with Gasteiger partial charge in [0.2, 0.25) is 0 Å². The second-order valence-corrected chi connectivity index (χ2v) is 3.34. The van der Waals surface area contributed by atoms with Crippen LogP contribution in [0.25, 0.3) is 0 Å². The van der Waals surface area contributed by atoms with Gasteiger partial charge >= 0.3 is 0 Å². The average Bonchev–Trinajstić information content (AvgIpc) is 2.21. The first-order valence-electron chi connectivity index (χ1n) is 4.69. The Morgan fingerprint density at radius 1 is 1.44 bits per heavy atom. The fraction of sp³-hybridized carbons (Fsp3) is 0.400. The summed E-state index contributed by atoms with van der Waals surface area (Å²) in [4.78, 5) is 0. The van der Waals surface area contributed by atoms with Gasteiger partial charge in [-0.3, -0.25) is 0 Å². The van der Waals surface area contributed by atoms with E-state index >= 15 is 0 Å². The summed E-state index contributed by atoms with van der Waals surface area (Å²) in [7, 11) is 1.43. The lowest BCUT2D eigenvalue weighted by Crippen LogP contribution is -2.29. The van der Waals surface area contributed by atoms with Gasteiger partial charge in [0.05, 0.1) is 19.3 Å². The zero-order chi connectivity index (χ0) is 12.1. The lowest BCUT2D eigenvalue weighted by molar-refractivity contribution is 0.153. The van der Waals surface area contributed by atoms with Crippen molar-refractivity contribution < 1.29 is 18.6 Å². The Morgan fingerprint density at radius 2 is 2.00 bits per heavy atom. The van der Waals surface area contributed by atoms with E-state index in [1.807, 2.05) is 0 Å². The first-order valence-corrected chi connectivity index (χ1v) is 4.69. The number of halogens is 2. The van der Waals surface area contributed by atoms with E-state index in [2.05, 4.69) is 5.32 Å². The minimum absolute atomic E-state index is 0.00726. The number of aliphatic hydroxyl groups excluding tert-OH is 1. The largest absolute Gasteiger partial charge is 0.399 e. The second kappa shape index (κ2) is 5.62. The first-order chi connectivity index (χ1) is 7.58. The molecule has 1 atom stereocenters. The summed E-state index contributed by atoms with van der Waals surface area (Å²) in [5, 5.41) is 11.5. The van der Waals surface area contributed by atoms with Crippen molar-refractivity contribution in [3.63, 3.8) is 0 Å². The highest BCUT2D eigenvalue weighted by molar-refractivity contribution is 5.54. The van der Waals surface area contributed by atoms with Gasteiger partial charge in [0.25, 0.3) is 0 Å². The number of rotatable bonds is 5. The van der Waals surface area contributed by atoms with Crippen molar-refractivity contribution in [2.75, 3.05) is 31.4 Å². The summed E-state index contributed by atoms with van der Waals surface area (Å²) in [6.45, 7) is -0.156. The molecule has 0 heterocycles. The predicted octanol–water partition coefficient (Wildman–Crippen LogP) is 0.966. The molecule has 0 amide bonds. The topological polar surface area (TPSA) is 67.5 Å². The first kappa shape index (κ1) is 12.7. The average molecular weight is 232 g/mol. The number of ether oxygens (including phenoxy) is 1. The summed E-state index contributed by atoms with van der Waals surface area (Å²) in [6.07, 6.45) is 0. The Hall–Kier alpha value is -1.40. The smallest absolute Gasteiger partial charge is 0.151 e. The molecular weight excluding hydrogens is 218 g/mol. The van der Waals surface area contributed by atoms with Gasteiger partial charge in [0.1, 0.15) is 5.69 Å². The Morgan fingerprint density at radius 3 is 2.44 bits per heavy atom. The van der Waals surface area contributed by atoms with E-state index in [9.17, 15) is 8.78 Å². The van der Waals surface area contributed by atoms with Gasteiger partial charge in [-0.2, -0.15) is 0 Å². The maximum Gasteiger partial charge on any atom is 0.151 e. The van der Waals surface area contributed by atoms with Gasteiger partial charge in [-0.1, -0.05) is 0 Å². The van der Waals surface area contributed by atoms with Crippen LogP contribution in [-0.4, -0.2) is 31.5 Å². The van der Waals surface area contributed by atoms with Crippen LogP contribution in [0.1, 0.15) is 0 Å². The lowest BCUT2D eigenvalue weighted by atomic mass is 10.2. The van der Waals surface area contributed by atoms with Gasteiger partial charge in [0, 0.05) is 12.8 Å². The van der Waals surface area contributed by atoms with E-state index in [-0.39, 0.29) is 24.6 Å². The van der Waals surface area contributed by atoms with Crippen LogP contribution >= 0.6 is 0 Å². The molecule has 1 rings (SSSR count). The van der Waals surface area contributed by atoms with Crippen LogP contribution in [0.5, 0.6) is 0 Å². The third-order valence-electron chi connectivity index (χ3n) is 2.00. The number of hydrogen-bond acceptors (Lipinski definition) is 4. The van der Waals surface area contributed by atoms with Crippen molar-refractivity contribution in [3.05, 3.63) is 23.8 Å². The van der Waals surface area contributed by atoms with Crippen molar-refractivity contribution in [2.24, 2.45) is 0 Å². The zero-order valence-electron chi connectivity index (χ0n) is 8.84. The molecule has 1 aromatic rings. The molecule has 0 aliphatic carbocycles. The molecule has 4 N–H and O–H groups in total. The molecule has 0 bridgehead atoms. The Kier molecular flexibility index (Phi) is 4.45. The second-order valence-electron chi connectivity index (χ2n) is 3.34. The van der Waals surface area contributed by atoms with Crippen LogP contribution in [0.2, 0.25) is 0 Å². The lowest BCUT2D eigenvalue weighted by Gasteiger charge is -2.17. The Balaban J connectivity index is 2.87. The number of aliphatic hydroxyl groups is 1. The van der Waals surface area contributed by atoms with E-state index in [0.717, 1.165) is 12.1 Å². The minimum Gasteiger partial charge on any atom is -0.399 e. The highest BCUT2D eigenvalue weighted by Gasteiger charge is 2.14. The third-order valence-corrected chi connectivity index (χ3v) is 2.00. The molecule has 0 spiro atoms. The van der Waals surface area contributed by atoms with Crippen molar-refractivity contribution in [3.8, 4) is 0 Å². The van der Waals surface area contributed by atoms with Crippen LogP contribution in [-0.2, 0) is 4.74 Å². The van der Waals surface area contributed by atoms with E-state index in [1.54, 1.807) is 0 Å².